The first-order valence-electron chi connectivity index (χ1n) is 14.5. The molecule has 1 saturated carbocycles. The van der Waals surface area contributed by atoms with Crippen LogP contribution in [0.25, 0.3) is 0 Å². The number of carbonyl (C=O) groups excluding carboxylic acids is 5. The van der Waals surface area contributed by atoms with E-state index in [9.17, 15) is 24.0 Å². The fourth-order valence-corrected chi connectivity index (χ4v) is 5.77. The maximum atomic E-state index is 13.7. The van der Waals surface area contributed by atoms with E-state index in [0.717, 1.165) is 5.56 Å². The van der Waals surface area contributed by atoms with Crippen molar-refractivity contribution in [2.75, 3.05) is 26.7 Å². The number of hydrogen-bond donors (Lipinski definition) is 3. The van der Waals surface area contributed by atoms with Gasteiger partial charge in [-0.3, -0.25) is 24.0 Å². The van der Waals surface area contributed by atoms with E-state index in [1.165, 1.54) is 16.8 Å². The number of hydrogen-bond acceptors (Lipinski definition) is 5. The van der Waals surface area contributed by atoms with Gasteiger partial charge in [0.1, 0.15) is 18.1 Å². The average Bonchev–Trinajstić information content (AvgIpc) is 3.32. The van der Waals surface area contributed by atoms with Crippen LogP contribution in [0, 0.1) is 22.7 Å². The molecule has 1 aromatic rings. The summed E-state index contributed by atoms with van der Waals surface area (Å²) >= 11 is 0. The summed E-state index contributed by atoms with van der Waals surface area (Å²) in [4.78, 5) is 69.9. The molecule has 10 nitrogen and oxygen atoms in total. The van der Waals surface area contributed by atoms with Crippen molar-refractivity contribution < 1.29 is 24.0 Å². The van der Waals surface area contributed by atoms with E-state index in [0.29, 0.717) is 6.42 Å². The van der Waals surface area contributed by atoms with Gasteiger partial charge < -0.3 is 25.8 Å². The molecule has 3 rings (SSSR count). The topological polar surface area (TPSA) is 128 Å². The van der Waals surface area contributed by atoms with Crippen LogP contribution in [0.1, 0.15) is 60.5 Å². The normalized spacial score (nSPS) is 26.0. The molecule has 1 heterocycles. The molecule has 41 heavy (non-hydrogen) atoms. The van der Waals surface area contributed by atoms with Crippen molar-refractivity contribution in [3.8, 4) is 0 Å². The summed E-state index contributed by atoms with van der Waals surface area (Å²) in [7, 11) is 1.52. The largest absolute Gasteiger partial charge is 0.353 e. The standard InChI is InChI=1S/C31H47N5O5/c1-19(2)16-23-28(40)35(8)20(3)26(38)34-22(17-21-12-10-9-11-13-21)27(39)32-14-15-36(18-24(37)33-23)29(41)25-30(4,5)31(25,6)7/h9-13,19-20,22-23,25H,14-18H2,1-8H3,(H,32,39)(H,33,37)(H,34,38)/t20-,22-,23-/m0/s1. The van der Waals surface area contributed by atoms with Crippen LogP contribution in [0.15, 0.2) is 30.3 Å². The number of nitrogens with one attached hydrogen (secondary N) is 3. The smallest absolute Gasteiger partial charge is 0.245 e. The summed E-state index contributed by atoms with van der Waals surface area (Å²) in [6.07, 6.45) is 0.627. The fourth-order valence-electron chi connectivity index (χ4n) is 5.77. The number of benzene rings is 1. The van der Waals surface area contributed by atoms with Gasteiger partial charge in [0.05, 0.1) is 6.54 Å². The highest BCUT2D eigenvalue weighted by Gasteiger charge is 2.68. The van der Waals surface area contributed by atoms with Gasteiger partial charge in [0.2, 0.25) is 29.5 Å². The first-order valence-corrected chi connectivity index (χ1v) is 14.5. The molecule has 5 amide bonds. The minimum atomic E-state index is -0.891. The van der Waals surface area contributed by atoms with Crippen LogP contribution in [0.4, 0.5) is 0 Å². The maximum Gasteiger partial charge on any atom is 0.245 e. The highest BCUT2D eigenvalue weighted by Crippen LogP contribution is 2.68. The second-order valence-corrected chi connectivity index (χ2v) is 13.1. The second-order valence-electron chi connectivity index (χ2n) is 13.1. The molecule has 1 aromatic carbocycles. The molecule has 0 bridgehead atoms. The molecule has 0 unspecified atom stereocenters. The molecule has 1 aliphatic heterocycles. The SMILES string of the molecule is CC(C)C[C@@H]1NC(=O)CN(C(=O)C2C(C)(C)C2(C)C)CCNC(=O)[C@H](Cc2ccccc2)NC(=O)[C@H](C)N(C)C1=O. The van der Waals surface area contributed by atoms with Gasteiger partial charge in [-0.2, -0.15) is 0 Å². The molecule has 0 aromatic heterocycles. The molecule has 0 spiro atoms. The Kier molecular flexibility index (Phi) is 9.87. The van der Waals surface area contributed by atoms with Crippen LogP contribution in [-0.4, -0.2) is 84.1 Å². The Morgan fingerprint density at radius 3 is 2.12 bits per heavy atom. The van der Waals surface area contributed by atoms with Crippen LogP contribution in [-0.2, 0) is 30.4 Å². The summed E-state index contributed by atoms with van der Waals surface area (Å²) in [6.45, 7) is 13.6. The number of likely N-dealkylation sites (N-methyl/N-ethyl adjacent to an activating group) is 1. The zero-order chi connectivity index (χ0) is 30.7. The molecule has 2 fully saturated rings. The van der Waals surface area contributed by atoms with Gasteiger partial charge in [-0.05, 0) is 35.7 Å². The molecule has 10 heteroatoms. The molecular weight excluding hydrogens is 522 g/mol. The van der Waals surface area contributed by atoms with Crippen molar-refractivity contribution in [2.45, 2.75) is 79.4 Å². The third kappa shape index (κ3) is 7.26. The van der Waals surface area contributed by atoms with Crippen molar-refractivity contribution in [2.24, 2.45) is 22.7 Å². The third-order valence-electron chi connectivity index (χ3n) is 9.16. The van der Waals surface area contributed by atoms with Crippen molar-refractivity contribution in [3.05, 3.63) is 35.9 Å². The lowest BCUT2D eigenvalue weighted by Crippen LogP contribution is -2.57. The fraction of sp³-hybridized carbons (Fsp3) is 0.645. The molecule has 226 valence electrons. The van der Waals surface area contributed by atoms with Crippen LogP contribution < -0.4 is 16.0 Å². The van der Waals surface area contributed by atoms with E-state index in [-0.39, 0.29) is 54.6 Å². The number of carbonyl (C=O) groups is 5. The first-order chi connectivity index (χ1) is 19.1. The van der Waals surface area contributed by atoms with E-state index >= 15 is 0 Å². The van der Waals surface area contributed by atoms with E-state index in [1.54, 1.807) is 6.92 Å². The van der Waals surface area contributed by atoms with Crippen molar-refractivity contribution >= 4 is 29.5 Å². The number of rotatable bonds is 5. The summed E-state index contributed by atoms with van der Waals surface area (Å²) in [6, 6.07) is 6.71. The minimum Gasteiger partial charge on any atom is -0.353 e. The molecule has 1 saturated heterocycles. The summed E-state index contributed by atoms with van der Waals surface area (Å²) in [5.41, 5.74) is 0.395. The zero-order valence-corrected chi connectivity index (χ0v) is 25.7. The van der Waals surface area contributed by atoms with Crippen LogP contribution in [0.2, 0.25) is 0 Å². The molecule has 0 radical (unpaired) electrons. The molecule has 2 aliphatic rings. The van der Waals surface area contributed by atoms with E-state index in [1.807, 2.05) is 71.9 Å². The quantitative estimate of drug-likeness (QED) is 0.498. The summed E-state index contributed by atoms with van der Waals surface area (Å²) in [5, 5.41) is 8.50. The second kappa shape index (κ2) is 12.6. The number of amides is 5. The third-order valence-corrected chi connectivity index (χ3v) is 9.16. The van der Waals surface area contributed by atoms with Gasteiger partial charge in [-0.1, -0.05) is 71.9 Å². The monoisotopic (exact) mass is 569 g/mol. The predicted octanol–water partition coefficient (Wildman–Crippen LogP) is 1.73. The average molecular weight is 570 g/mol. The van der Waals surface area contributed by atoms with E-state index < -0.39 is 41.8 Å². The lowest BCUT2D eigenvalue weighted by Gasteiger charge is -2.30. The van der Waals surface area contributed by atoms with Gasteiger partial charge in [0, 0.05) is 32.5 Å². The minimum absolute atomic E-state index is 0.0896. The van der Waals surface area contributed by atoms with Crippen molar-refractivity contribution in [3.63, 3.8) is 0 Å². The van der Waals surface area contributed by atoms with Gasteiger partial charge in [0.25, 0.3) is 0 Å². The van der Waals surface area contributed by atoms with Gasteiger partial charge in [-0.25, -0.2) is 0 Å². The van der Waals surface area contributed by atoms with Gasteiger partial charge >= 0.3 is 0 Å². The van der Waals surface area contributed by atoms with E-state index in [2.05, 4.69) is 16.0 Å². The Morgan fingerprint density at radius 2 is 1.56 bits per heavy atom. The lowest BCUT2D eigenvalue weighted by molar-refractivity contribution is -0.143. The Bertz CT molecular complexity index is 1130. The maximum absolute atomic E-state index is 13.7. The summed E-state index contributed by atoms with van der Waals surface area (Å²) in [5.74, 6) is -2.08. The highest BCUT2D eigenvalue weighted by molar-refractivity contribution is 5.95. The van der Waals surface area contributed by atoms with E-state index in [4.69, 9.17) is 0 Å². The Morgan fingerprint density at radius 1 is 0.951 bits per heavy atom. The van der Waals surface area contributed by atoms with Crippen molar-refractivity contribution in [1.82, 2.24) is 25.8 Å². The summed E-state index contributed by atoms with van der Waals surface area (Å²) < 4.78 is 0. The molecule has 3 atom stereocenters. The molecule has 3 N–H and O–H groups in total. The zero-order valence-electron chi connectivity index (χ0n) is 25.7. The van der Waals surface area contributed by atoms with Gasteiger partial charge in [0.15, 0.2) is 0 Å². The van der Waals surface area contributed by atoms with Gasteiger partial charge in [-0.15, -0.1) is 0 Å². The van der Waals surface area contributed by atoms with Crippen LogP contribution in [0.5, 0.6) is 0 Å². The molecule has 1 aliphatic carbocycles. The lowest BCUT2D eigenvalue weighted by atomic mass is 10.0. The predicted molar refractivity (Wildman–Crippen MR) is 156 cm³/mol. The Labute approximate surface area is 244 Å². The Hall–Kier alpha value is -3.43. The first kappa shape index (κ1) is 32.1. The van der Waals surface area contributed by atoms with Crippen LogP contribution in [0.3, 0.4) is 0 Å². The molecular formula is C31H47N5O5. The van der Waals surface area contributed by atoms with Crippen molar-refractivity contribution in [1.29, 1.82) is 0 Å². The Balaban J connectivity index is 1.93. The number of nitrogens with zero attached hydrogens (tertiary/aromatic N) is 2. The highest BCUT2D eigenvalue weighted by atomic mass is 16.2. The van der Waals surface area contributed by atoms with Crippen LogP contribution >= 0.6 is 0 Å².